The van der Waals surface area contributed by atoms with Gasteiger partial charge in [-0.3, -0.25) is 14.4 Å². The molecule has 0 N–H and O–H groups in total. The Morgan fingerprint density at radius 1 is 0.806 bits per heavy atom. The van der Waals surface area contributed by atoms with Crippen molar-refractivity contribution >= 4 is 5.69 Å². The van der Waals surface area contributed by atoms with Crippen molar-refractivity contribution in [2.24, 2.45) is 0 Å². The largest absolute Gasteiger partial charge is 0.493 e. The number of aromatic nitrogens is 2. The van der Waals surface area contributed by atoms with Crippen LogP contribution in [-0.4, -0.2) is 61.2 Å². The molecule has 0 atom stereocenters. The number of hydrogen-bond donors (Lipinski definition) is 0. The molecule has 0 saturated carbocycles. The van der Waals surface area contributed by atoms with Gasteiger partial charge in [0.25, 0.3) is 5.56 Å². The number of benzene rings is 2. The van der Waals surface area contributed by atoms with Crippen LogP contribution in [0.25, 0.3) is 5.69 Å². The molecule has 0 amide bonds. The van der Waals surface area contributed by atoms with E-state index in [1.807, 2.05) is 58.8 Å². The topological polar surface area (TPSA) is 51.9 Å². The first kappa shape index (κ1) is 21.1. The lowest BCUT2D eigenvalue weighted by Crippen LogP contribution is -2.47. The lowest BCUT2D eigenvalue weighted by molar-refractivity contribution is 0.240. The summed E-state index contributed by atoms with van der Waals surface area (Å²) in [7, 11) is 3.31. The van der Waals surface area contributed by atoms with Crippen molar-refractivity contribution in [3.63, 3.8) is 0 Å². The second kappa shape index (κ2) is 9.31. The maximum absolute atomic E-state index is 12.5. The Morgan fingerprint density at radius 3 is 2.19 bits per heavy atom. The van der Waals surface area contributed by atoms with E-state index in [1.165, 1.54) is 0 Å². The molecular weight excluding hydrogens is 392 g/mol. The smallest absolute Gasteiger partial charge is 0.267 e. The van der Waals surface area contributed by atoms with Gasteiger partial charge in [0.1, 0.15) is 0 Å². The maximum atomic E-state index is 12.5. The fourth-order valence-electron chi connectivity index (χ4n) is 4.21. The molecule has 164 valence electrons. The summed E-state index contributed by atoms with van der Waals surface area (Å²) in [5.41, 5.74) is 3.15. The van der Waals surface area contributed by atoms with Crippen molar-refractivity contribution in [3.8, 4) is 17.2 Å². The van der Waals surface area contributed by atoms with Crippen molar-refractivity contribution in [3.05, 3.63) is 70.6 Å². The van der Waals surface area contributed by atoms with Gasteiger partial charge >= 0.3 is 0 Å². The number of ether oxygens (including phenoxy) is 2. The molecule has 0 radical (unpaired) electrons. The molecule has 1 aliphatic rings. The van der Waals surface area contributed by atoms with Gasteiger partial charge in [-0.1, -0.05) is 18.2 Å². The predicted molar refractivity (Wildman–Crippen MR) is 123 cm³/mol. The Morgan fingerprint density at radius 2 is 1.52 bits per heavy atom. The molecule has 0 unspecified atom stereocenters. The van der Waals surface area contributed by atoms with Gasteiger partial charge in [0.05, 0.1) is 26.5 Å². The van der Waals surface area contributed by atoms with Gasteiger partial charge in [-0.25, -0.2) is 4.68 Å². The summed E-state index contributed by atoms with van der Waals surface area (Å²) in [6.07, 6.45) is 0. The van der Waals surface area contributed by atoms with Gasteiger partial charge in [0.15, 0.2) is 11.5 Å². The molecule has 0 bridgehead atoms. The number of anilines is 1. The Labute approximate surface area is 183 Å². The zero-order valence-electron chi connectivity index (χ0n) is 18.5. The van der Waals surface area contributed by atoms with E-state index in [4.69, 9.17) is 9.47 Å². The van der Waals surface area contributed by atoms with Crippen molar-refractivity contribution in [2.75, 3.05) is 51.8 Å². The van der Waals surface area contributed by atoms with Crippen LogP contribution in [0.1, 0.15) is 5.69 Å². The first-order valence-corrected chi connectivity index (χ1v) is 10.6. The molecular formula is C24H30N4O3. The molecule has 3 aromatic rings. The monoisotopic (exact) mass is 422 g/mol. The molecule has 2 aromatic carbocycles. The average molecular weight is 423 g/mol. The van der Waals surface area contributed by atoms with E-state index in [0.29, 0.717) is 6.54 Å². The van der Waals surface area contributed by atoms with Crippen molar-refractivity contribution < 1.29 is 9.47 Å². The summed E-state index contributed by atoms with van der Waals surface area (Å²) in [5, 5.41) is 0. The van der Waals surface area contributed by atoms with Gasteiger partial charge in [-0.15, -0.1) is 0 Å². The van der Waals surface area contributed by atoms with Crippen molar-refractivity contribution in [1.29, 1.82) is 0 Å². The molecule has 31 heavy (non-hydrogen) atoms. The minimum Gasteiger partial charge on any atom is -0.493 e. The van der Waals surface area contributed by atoms with Crippen LogP contribution >= 0.6 is 0 Å². The highest BCUT2D eigenvalue weighted by Crippen LogP contribution is 2.31. The first-order valence-electron chi connectivity index (χ1n) is 10.6. The van der Waals surface area contributed by atoms with Crippen LogP contribution in [0.2, 0.25) is 0 Å². The van der Waals surface area contributed by atoms with Crippen LogP contribution in [0.15, 0.2) is 59.4 Å². The van der Waals surface area contributed by atoms with Crippen LogP contribution in [0.4, 0.5) is 5.69 Å². The summed E-state index contributed by atoms with van der Waals surface area (Å²) in [6, 6.07) is 17.8. The standard InChI is InChI=1S/C24H30N4O3/c1-19-17-24(29)27(28(19)20-7-5-4-6-8-20)16-13-25-11-14-26(15-12-25)21-9-10-22(30-2)23(18-21)31-3/h4-10,17-18H,11-16H2,1-3H3. The SMILES string of the molecule is COc1ccc(N2CCN(CCn3c(=O)cc(C)n3-c3ccccc3)CC2)cc1OC. The molecule has 1 aliphatic heterocycles. The van der Waals surface area contributed by atoms with E-state index in [9.17, 15) is 4.79 Å². The van der Waals surface area contributed by atoms with Gasteiger partial charge in [0.2, 0.25) is 0 Å². The second-order valence-corrected chi connectivity index (χ2v) is 7.76. The lowest BCUT2D eigenvalue weighted by atomic mass is 10.2. The van der Waals surface area contributed by atoms with Gasteiger partial charge in [0, 0.05) is 56.2 Å². The quantitative estimate of drug-likeness (QED) is 0.586. The summed E-state index contributed by atoms with van der Waals surface area (Å²) >= 11 is 0. The maximum Gasteiger partial charge on any atom is 0.267 e. The second-order valence-electron chi connectivity index (χ2n) is 7.76. The minimum atomic E-state index is 0.0466. The number of hydrogen-bond acceptors (Lipinski definition) is 5. The van der Waals surface area contributed by atoms with Crippen molar-refractivity contribution in [2.45, 2.75) is 13.5 Å². The summed E-state index contributed by atoms with van der Waals surface area (Å²) < 4.78 is 14.6. The third-order valence-electron chi connectivity index (χ3n) is 5.90. The first-order chi connectivity index (χ1) is 15.1. The number of para-hydroxylation sites is 1. The van der Waals surface area contributed by atoms with Crippen LogP contribution in [-0.2, 0) is 6.54 Å². The van der Waals surface area contributed by atoms with E-state index in [1.54, 1.807) is 20.3 Å². The normalized spacial score (nSPS) is 14.6. The van der Waals surface area contributed by atoms with E-state index in [0.717, 1.165) is 61.3 Å². The molecule has 7 heteroatoms. The Hall–Kier alpha value is -3.19. The fourth-order valence-corrected chi connectivity index (χ4v) is 4.21. The Kier molecular flexibility index (Phi) is 6.32. The van der Waals surface area contributed by atoms with Gasteiger partial charge < -0.3 is 14.4 Å². The summed E-state index contributed by atoms with van der Waals surface area (Å²) in [6.45, 7) is 7.26. The zero-order chi connectivity index (χ0) is 21.8. The molecule has 0 spiro atoms. The van der Waals surface area contributed by atoms with E-state index < -0.39 is 0 Å². The third kappa shape index (κ3) is 4.46. The predicted octanol–water partition coefficient (Wildman–Crippen LogP) is 2.79. The Bertz CT molecular complexity index is 1070. The van der Waals surface area contributed by atoms with Crippen LogP contribution in [0.5, 0.6) is 11.5 Å². The molecule has 0 aliphatic carbocycles. The van der Waals surface area contributed by atoms with Crippen LogP contribution in [0, 0.1) is 6.92 Å². The van der Waals surface area contributed by atoms with Gasteiger partial charge in [-0.05, 0) is 31.2 Å². The molecule has 2 heterocycles. The van der Waals surface area contributed by atoms with Crippen LogP contribution < -0.4 is 19.9 Å². The van der Waals surface area contributed by atoms with E-state index >= 15 is 0 Å². The highest BCUT2D eigenvalue weighted by atomic mass is 16.5. The summed E-state index contributed by atoms with van der Waals surface area (Å²) in [4.78, 5) is 17.3. The fraction of sp³-hybridized carbons (Fsp3) is 0.375. The number of rotatable bonds is 7. The molecule has 1 saturated heterocycles. The Balaban J connectivity index is 1.39. The zero-order valence-corrected chi connectivity index (χ0v) is 18.5. The van der Waals surface area contributed by atoms with Gasteiger partial charge in [-0.2, -0.15) is 0 Å². The van der Waals surface area contributed by atoms with E-state index in [-0.39, 0.29) is 5.56 Å². The average Bonchev–Trinajstić information content (AvgIpc) is 3.10. The highest BCUT2D eigenvalue weighted by molar-refractivity contribution is 5.56. The number of nitrogens with zero attached hydrogens (tertiary/aromatic N) is 4. The van der Waals surface area contributed by atoms with Crippen LogP contribution in [0.3, 0.4) is 0 Å². The number of aryl methyl sites for hydroxylation is 1. The molecule has 7 nitrogen and oxygen atoms in total. The lowest BCUT2D eigenvalue weighted by Gasteiger charge is -2.36. The minimum absolute atomic E-state index is 0.0466. The van der Waals surface area contributed by atoms with E-state index in [2.05, 4.69) is 15.9 Å². The summed E-state index contributed by atoms with van der Waals surface area (Å²) in [5.74, 6) is 1.49. The number of piperazine rings is 1. The highest BCUT2D eigenvalue weighted by Gasteiger charge is 2.19. The number of methoxy groups -OCH3 is 2. The molecule has 1 fully saturated rings. The molecule has 4 rings (SSSR count). The molecule has 1 aromatic heterocycles. The van der Waals surface area contributed by atoms with Crippen molar-refractivity contribution in [1.82, 2.24) is 14.3 Å². The third-order valence-corrected chi connectivity index (χ3v) is 5.90.